The van der Waals surface area contributed by atoms with Gasteiger partial charge in [0, 0.05) is 12.7 Å². The number of ether oxygens (including phenoxy) is 1. The SMILES string of the molecule is CCOCc1nc(Cl)cc(Nc2ccc(C)cc2F)n1. The summed E-state index contributed by atoms with van der Waals surface area (Å²) in [5.41, 5.74) is 1.19. The second-order valence-electron chi connectivity index (χ2n) is 4.24. The Hall–Kier alpha value is -1.72. The second-order valence-corrected chi connectivity index (χ2v) is 4.62. The highest BCUT2D eigenvalue weighted by Crippen LogP contribution is 2.21. The number of nitrogens with one attached hydrogen (secondary N) is 1. The van der Waals surface area contributed by atoms with Gasteiger partial charge in [-0.2, -0.15) is 0 Å². The lowest BCUT2D eigenvalue weighted by atomic mass is 10.2. The van der Waals surface area contributed by atoms with E-state index >= 15 is 0 Å². The predicted octanol–water partition coefficient (Wildman–Crippen LogP) is 3.86. The standard InChI is InChI=1S/C14H15ClFN3O/c1-3-20-8-14-18-12(15)7-13(19-14)17-11-5-4-9(2)6-10(11)16/h4-7H,3,8H2,1-2H3,(H,17,18,19). The molecule has 6 heteroatoms. The minimum Gasteiger partial charge on any atom is -0.374 e. The molecule has 0 unspecified atom stereocenters. The Bertz CT molecular complexity index is 607. The van der Waals surface area contributed by atoms with Crippen molar-refractivity contribution >= 4 is 23.1 Å². The van der Waals surface area contributed by atoms with Crippen molar-refractivity contribution in [3.63, 3.8) is 0 Å². The Morgan fingerprint density at radius 1 is 1.30 bits per heavy atom. The van der Waals surface area contributed by atoms with E-state index in [4.69, 9.17) is 16.3 Å². The molecule has 0 fully saturated rings. The van der Waals surface area contributed by atoms with Crippen LogP contribution in [0, 0.1) is 12.7 Å². The third-order valence-electron chi connectivity index (χ3n) is 2.56. The molecule has 1 heterocycles. The third-order valence-corrected chi connectivity index (χ3v) is 2.76. The minimum absolute atomic E-state index is 0.266. The van der Waals surface area contributed by atoms with Crippen LogP contribution >= 0.6 is 11.6 Å². The van der Waals surface area contributed by atoms with Crippen LogP contribution in [0.25, 0.3) is 0 Å². The van der Waals surface area contributed by atoms with Crippen LogP contribution in [-0.4, -0.2) is 16.6 Å². The maximum Gasteiger partial charge on any atom is 0.158 e. The van der Waals surface area contributed by atoms with Crippen molar-refractivity contribution < 1.29 is 9.13 Å². The summed E-state index contributed by atoms with van der Waals surface area (Å²) in [6.45, 7) is 4.54. The lowest BCUT2D eigenvalue weighted by molar-refractivity contribution is 0.128. The topological polar surface area (TPSA) is 47.0 Å². The van der Waals surface area contributed by atoms with E-state index in [-0.39, 0.29) is 17.6 Å². The Balaban J connectivity index is 2.21. The summed E-state index contributed by atoms with van der Waals surface area (Å²) in [5.74, 6) is 0.544. The fourth-order valence-corrected chi connectivity index (χ4v) is 1.85. The average molecular weight is 296 g/mol. The molecule has 0 amide bonds. The molecule has 20 heavy (non-hydrogen) atoms. The fourth-order valence-electron chi connectivity index (χ4n) is 1.65. The van der Waals surface area contributed by atoms with Gasteiger partial charge in [0.1, 0.15) is 23.4 Å². The van der Waals surface area contributed by atoms with Crippen molar-refractivity contribution in [1.82, 2.24) is 9.97 Å². The second kappa shape index (κ2) is 6.63. The van der Waals surface area contributed by atoms with Gasteiger partial charge in [0.25, 0.3) is 0 Å². The summed E-state index contributed by atoms with van der Waals surface area (Å²) in [5, 5.41) is 3.17. The van der Waals surface area contributed by atoms with Crippen LogP contribution in [0.1, 0.15) is 18.3 Å². The minimum atomic E-state index is -0.342. The molecular weight excluding hydrogens is 281 g/mol. The molecule has 0 radical (unpaired) electrons. The summed E-state index contributed by atoms with van der Waals surface area (Å²) in [7, 11) is 0. The number of rotatable bonds is 5. The molecule has 0 bridgehead atoms. The van der Waals surface area contributed by atoms with Gasteiger partial charge in [-0.15, -0.1) is 0 Å². The quantitative estimate of drug-likeness (QED) is 0.851. The van der Waals surface area contributed by atoms with Crippen LogP contribution < -0.4 is 5.32 Å². The first-order chi connectivity index (χ1) is 9.58. The molecule has 0 aliphatic rings. The molecule has 0 aliphatic heterocycles. The number of hydrogen-bond acceptors (Lipinski definition) is 4. The van der Waals surface area contributed by atoms with Crippen molar-refractivity contribution in [3.05, 3.63) is 46.6 Å². The Morgan fingerprint density at radius 3 is 2.80 bits per heavy atom. The van der Waals surface area contributed by atoms with Crippen LogP contribution in [0.3, 0.4) is 0 Å². The van der Waals surface area contributed by atoms with Gasteiger partial charge in [-0.05, 0) is 31.5 Å². The number of halogens is 2. The van der Waals surface area contributed by atoms with Gasteiger partial charge in [-0.1, -0.05) is 17.7 Å². The van der Waals surface area contributed by atoms with Gasteiger partial charge in [0.2, 0.25) is 0 Å². The molecule has 1 aromatic carbocycles. The summed E-state index contributed by atoms with van der Waals surface area (Å²) < 4.78 is 19.0. The molecule has 1 N–H and O–H groups in total. The van der Waals surface area contributed by atoms with Crippen LogP contribution in [-0.2, 0) is 11.3 Å². The highest BCUT2D eigenvalue weighted by molar-refractivity contribution is 6.29. The molecule has 106 valence electrons. The summed E-state index contributed by atoms with van der Waals surface area (Å²) in [6, 6.07) is 6.46. The zero-order valence-electron chi connectivity index (χ0n) is 11.3. The Morgan fingerprint density at radius 2 is 2.10 bits per heavy atom. The fraction of sp³-hybridized carbons (Fsp3) is 0.286. The molecule has 0 aliphatic carbocycles. The number of aromatic nitrogens is 2. The summed E-state index contributed by atoms with van der Waals surface area (Å²) in [6.07, 6.45) is 0. The molecule has 0 spiro atoms. The number of nitrogens with zero attached hydrogens (tertiary/aromatic N) is 2. The first-order valence-electron chi connectivity index (χ1n) is 6.23. The monoisotopic (exact) mass is 295 g/mol. The zero-order valence-corrected chi connectivity index (χ0v) is 12.0. The maximum absolute atomic E-state index is 13.8. The number of hydrogen-bond donors (Lipinski definition) is 1. The largest absolute Gasteiger partial charge is 0.374 e. The van der Waals surface area contributed by atoms with E-state index in [2.05, 4.69) is 15.3 Å². The van der Waals surface area contributed by atoms with Gasteiger partial charge in [0.05, 0.1) is 5.69 Å². The lowest BCUT2D eigenvalue weighted by Crippen LogP contribution is -2.03. The predicted molar refractivity (Wildman–Crippen MR) is 76.8 cm³/mol. The summed E-state index contributed by atoms with van der Waals surface area (Å²) >= 11 is 5.92. The molecule has 0 atom stereocenters. The normalized spacial score (nSPS) is 10.6. The number of benzene rings is 1. The van der Waals surface area contributed by atoms with Crippen LogP contribution in [0.15, 0.2) is 24.3 Å². The van der Waals surface area contributed by atoms with Crippen molar-refractivity contribution in [1.29, 1.82) is 0 Å². The summed E-state index contributed by atoms with van der Waals surface area (Å²) in [4.78, 5) is 8.28. The van der Waals surface area contributed by atoms with E-state index in [0.717, 1.165) is 5.56 Å². The van der Waals surface area contributed by atoms with Crippen molar-refractivity contribution in [3.8, 4) is 0 Å². The number of aryl methyl sites for hydroxylation is 1. The lowest BCUT2D eigenvalue weighted by Gasteiger charge is -2.09. The van der Waals surface area contributed by atoms with E-state index in [9.17, 15) is 4.39 Å². The van der Waals surface area contributed by atoms with Crippen molar-refractivity contribution in [2.24, 2.45) is 0 Å². The highest BCUT2D eigenvalue weighted by Gasteiger charge is 2.07. The zero-order chi connectivity index (χ0) is 14.5. The highest BCUT2D eigenvalue weighted by atomic mass is 35.5. The Kier molecular flexibility index (Phi) is 4.87. The van der Waals surface area contributed by atoms with Crippen LogP contribution in [0.5, 0.6) is 0 Å². The molecule has 2 rings (SSSR count). The smallest absolute Gasteiger partial charge is 0.158 e. The van der Waals surface area contributed by atoms with E-state index in [1.54, 1.807) is 6.07 Å². The first-order valence-corrected chi connectivity index (χ1v) is 6.60. The van der Waals surface area contributed by atoms with Crippen LogP contribution in [0.4, 0.5) is 15.9 Å². The van der Waals surface area contributed by atoms with E-state index in [1.807, 2.05) is 19.9 Å². The van der Waals surface area contributed by atoms with E-state index < -0.39 is 0 Å². The van der Waals surface area contributed by atoms with Gasteiger partial charge in [-0.3, -0.25) is 0 Å². The average Bonchev–Trinajstić information content (AvgIpc) is 2.39. The van der Waals surface area contributed by atoms with Gasteiger partial charge < -0.3 is 10.1 Å². The van der Waals surface area contributed by atoms with Gasteiger partial charge in [-0.25, -0.2) is 14.4 Å². The van der Waals surface area contributed by atoms with Gasteiger partial charge in [0.15, 0.2) is 5.82 Å². The molecular formula is C14H15ClFN3O. The van der Waals surface area contributed by atoms with Crippen LogP contribution in [0.2, 0.25) is 5.15 Å². The van der Waals surface area contributed by atoms with Crippen molar-refractivity contribution in [2.75, 3.05) is 11.9 Å². The third kappa shape index (κ3) is 3.88. The molecule has 2 aromatic rings. The molecule has 4 nitrogen and oxygen atoms in total. The number of anilines is 2. The van der Waals surface area contributed by atoms with Crippen molar-refractivity contribution in [2.45, 2.75) is 20.5 Å². The maximum atomic E-state index is 13.8. The van der Waals surface area contributed by atoms with E-state index in [1.165, 1.54) is 12.1 Å². The van der Waals surface area contributed by atoms with Gasteiger partial charge >= 0.3 is 0 Å². The molecule has 1 aromatic heterocycles. The Labute approximate surface area is 122 Å². The van der Waals surface area contributed by atoms with E-state index in [0.29, 0.717) is 23.9 Å². The molecule has 0 saturated heterocycles. The molecule has 0 saturated carbocycles. The first kappa shape index (κ1) is 14.7.